The molecule has 0 saturated carbocycles. The molecule has 0 aliphatic rings. The van der Waals surface area contributed by atoms with Crippen LogP contribution in [-0.2, 0) is 4.79 Å². The van der Waals surface area contributed by atoms with Gasteiger partial charge in [0, 0.05) is 0 Å². The van der Waals surface area contributed by atoms with Crippen molar-refractivity contribution in [2.75, 3.05) is 0 Å². The Labute approximate surface area is 92.5 Å². The van der Waals surface area contributed by atoms with Crippen LogP contribution in [0.5, 0.6) is 0 Å². The van der Waals surface area contributed by atoms with Crippen molar-refractivity contribution in [3.63, 3.8) is 0 Å². The molecule has 0 aliphatic carbocycles. The maximum absolute atomic E-state index is 10.7. The van der Waals surface area contributed by atoms with Crippen LogP contribution in [0.1, 0.15) is 59.3 Å². The Hall–Kier alpha value is -0.570. The van der Waals surface area contributed by atoms with Gasteiger partial charge in [-0.05, 0) is 20.3 Å². The minimum Gasteiger partial charge on any atom is -0.481 e. The van der Waals surface area contributed by atoms with Crippen LogP contribution < -0.4 is 0 Å². The number of carboxylic acids is 1. The van der Waals surface area contributed by atoms with E-state index in [1.54, 1.807) is 13.8 Å². The minimum absolute atomic E-state index is 0.574. The fourth-order valence-corrected chi connectivity index (χ4v) is 1.57. The van der Waals surface area contributed by atoms with Gasteiger partial charge in [0.1, 0.15) is 0 Å². The molecule has 2 atom stereocenters. The lowest BCUT2D eigenvalue weighted by atomic mass is 9.86. The van der Waals surface area contributed by atoms with Crippen molar-refractivity contribution in [2.45, 2.75) is 64.9 Å². The van der Waals surface area contributed by atoms with E-state index in [2.05, 4.69) is 6.92 Å². The summed E-state index contributed by atoms with van der Waals surface area (Å²) in [5.41, 5.74) is -1.07. The van der Waals surface area contributed by atoms with Crippen LogP contribution in [0.25, 0.3) is 0 Å². The first kappa shape index (κ1) is 14.4. The molecule has 3 nitrogen and oxygen atoms in total. The number of hydrogen-bond donors (Lipinski definition) is 2. The zero-order valence-corrected chi connectivity index (χ0v) is 10.1. The number of rotatable bonds is 8. The highest BCUT2D eigenvalue weighted by Crippen LogP contribution is 2.24. The van der Waals surface area contributed by atoms with Gasteiger partial charge in [-0.15, -0.1) is 0 Å². The number of aliphatic hydroxyl groups is 1. The van der Waals surface area contributed by atoms with Crippen molar-refractivity contribution in [3.05, 3.63) is 0 Å². The predicted molar refractivity (Wildman–Crippen MR) is 60.8 cm³/mol. The van der Waals surface area contributed by atoms with Crippen LogP contribution in [0.4, 0.5) is 0 Å². The molecule has 0 saturated heterocycles. The van der Waals surface area contributed by atoms with Crippen LogP contribution in [0.2, 0.25) is 0 Å². The summed E-state index contributed by atoms with van der Waals surface area (Å²) in [7, 11) is 0. The number of hydrogen-bond acceptors (Lipinski definition) is 2. The lowest BCUT2D eigenvalue weighted by Gasteiger charge is -2.27. The molecule has 90 valence electrons. The highest BCUT2D eigenvalue weighted by Gasteiger charge is 2.32. The summed E-state index contributed by atoms with van der Waals surface area (Å²) < 4.78 is 0. The zero-order valence-electron chi connectivity index (χ0n) is 10.1. The Kier molecular flexibility index (Phi) is 6.57. The van der Waals surface area contributed by atoms with E-state index < -0.39 is 17.5 Å². The second-order valence-electron chi connectivity index (χ2n) is 4.58. The maximum atomic E-state index is 10.7. The summed E-state index contributed by atoms with van der Waals surface area (Å²) in [4.78, 5) is 10.7. The molecule has 0 aliphatic heterocycles. The highest BCUT2D eigenvalue weighted by molar-refractivity contribution is 5.70. The number of unbranched alkanes of at least 4 members (excludes halogenated alkanes) is 4. The van der Waals surface area contributed by atoms with Gasteiger partial charge in [0.05, 0.1) is 11.5 Å². The van der Waals surface area contributed by atoms with Gasteiger partial charge in [0.2, 0.25) is 0 Å². The molecule has 15 heavy (non-hydrogen) atoms. The Morgan fingerprint density at radius 1 is 1.27 bits per heavy atom. The van der Waals surface area contributed by atoms with E-state index in [1.165, 1.54) is 19.3 Å². The molecule has 2 unspecified atom stereocenters. The average molecular weight is 216 g/mol. The normalized spacial score (nSPS) is 17.1. The van der Waals surface area contributed by atoms with E-state index in [9.17, 15) is 9.90 Å². The monoisotopic (exact) mass is 216 g/mol. The van der Waals surface area contributed by atoms with E-state index in [0.717, 1.165) is 12.8 Å². The van der Waals surface area contributed by atoms with Crippen molar-refractivity contribution in [2.24, 2.45) is 5.92 Å². The van der Waals surface area contributed by atoms with E-state index in [1.807, 2.05) is 0 Å². The second kappa shape index (κ2) is 6.83. The number of carbonyl (C=O) groups is 1. The van der Waals surface area contributed by atoms with Gasteiger partial charge < -0.3 is 10.2 Å². The lowest BCUT2D eigenvalue weighted by molar-refractivity contribution is -0.150. The van der Waals surface area contributed by atoms with Crippen LogP contribution in [0.3, 0.4) is 0 Å². The molecule has 3 heteroatoms. The maximum Gasteiger partial charge on any atom is 0.309 e. The third-order valence-corrected chi connectivity index (χ3v) is 3.09. The fourth-order valence-electron chi connectivity index (χ4n) is 1.57. The molecule has 0 aromatic rings. The molecule has 0 amide bonds. The molecular formula is C12H24O3. The smallest absolute Gasteiger partial charge is 0.309 e. The van der Waals surface area contributed by atoms with E-state index in [4.69, 9.17) is 5.11 Å². The first-order valence-corrected chi connectivity index (χ1v) is 5.87. The van der Waals surface area contributed by atoms with E-state index in [0.29, 0.717) is 6.42 Å². The van der Waals surface area contributed by atoms with Crippen molar-refractivity contribution in [1.82, 2.24) is 0 Å². The minimum atomic E-state index is -1.07. The number of aliphatic carboxylic acids is 1. The van der Waals surface area contributed by atoms with Gasteiger partial charge in [0.25, 0.3) is 0 Å². The number of carboxylic acid groups (broad SMARTS) is 1. The summed E-state index contributed by atoms with van der Waals surface area (Å²) in [5, 5.41) is 18.7. The molecule has 0 bridgehead atoms. The lowest BCUT2D eigenvalue weighted by Crippen LogP contribution is -2.37. The van der Waals surface area contributed by atoms with Gasteiger partial charge in [0.15, 0.2) is 0 Å². The topological polar surface area (TPSA) is 57.5 Å². The van der Waals surface area contributed by atoms with Crippen molar-refractivity contribution in [3.8, 4) is 0 Å². The Balaban J connectivity index is 3.78. The van der Waals surface area contributed by atoms with Crippen LogP contribution in [0, 0.1) is 5.92 Å². The fraction of sp³-hybridized carbons (Fsp3) is 0.917. The third kappa shape index (κ3) is 5.78. The quantitative estimate of drug-likeness (QED) is 0.613. The van der Waals surface area contributed by atoms with Gasteiger partial charge >= 0.3 is 5.97 Å². The standard InChI is InChI=1S/C12H24O3/c1-4-5-6-7-8-9-12(3,15)10(2)11(13)14/h10,15H,4-9H2,1-3H3,(H,13,14). The summed E-state index contributed by atoms with van der Waals surface area (Å²) in [6.45, 7) is 5.34. The molecule has 0 spiro atoms. The molecule has 0 aromatic heterocycles. The molecule has 0 radical (unpaired) electrons. The van der Waals surface area contributed by atoms with E-state index >= 15 is 0 Å². The van der Waals surface area contributed by atoms with Gasteiger partial charge in [-0.1, -0.05) is 39.0 Å². The summed E-state index contributed by atoms with van der Waals surface area (Å²) >= 11 is 0. The first-order valence-electron chi connectivity index (χ1n) is 5.87. The van der Waals surface area contributed by atoms with Crippen LogP contribution >= 0.6 is 0 Å². The Morgan fingerprint density at radius 2 is 1.80 bits per heavy atom. The molecule has 0 fully saturated rings. The molecule has 0 heterocycles. The third-order valence-electron chi connectivity index (χ3n) is 3.09. The van der Waals surface area contributed by atoms with Crippen molar-refractivity contribution < 1.29 is 15.0 Å². The van der Waals surface area contributed by atoms with Gasteiger partial charge in [-0.3, -0.25) is 4.79 Å². The SMILES string of the molecule is CCCCCCCC(C)(O)C(C)C(=O)O. The summed E-state index contributed by atoms with van der Waals surface area (Å²) in [5.74, 6) is -1.61. The summed E-state index contributed by atoms with van der Waals surface area (Å²) in [6.07, 6.45) is 6.15. The Bertz CT molecular complexity index is 187. The highest BCUT2D eigenvalue weighted by atomic mass is 16.4. The largest absolute Gasteiger partial charge is 0.481 e. The summed E-state index contributed by atoms with van der Waals surface area (Å²) in [6, 6.07) is 0. The van der Waals surface area contributed by atoms with Crippen molar-refractivity contribution >= 4 is 5.97 Å². The molecular weight excluding hydrogens is 192 g/mol. The van der Waals surface area contributed by atoms with Crippen molar-refractivity contribution in [1.29, 1.82) is 0 Å². The molecule has 2 N–H and O–H groups in total. The average Bonchev–Trinajstić information content (AvgIpc) is 2.16. The predicted octanol–water partition coefficient (Wildman–Crippen LogP) is 2.82. The Morgan fingerprint density at radius 3 is 2.27 bits per heavy atom. The van der Waals surface area contributed by atoms with E-state index in [-0.39, 0.29) is 0 Å². The van der Waals surface area contributed by atoms with Gasteiger partial charge in [-0.2, -0.15) is 0 Å². The molecule has 0 aromatic carbocycles. The van der Waals surface area contributed by atoms with Crippen LogP contribution in [0.15, 0.2) is 0 Å². The van der Waals surface area contributed by atoms with Gasteiger partial charge in [-0.25, -0.2) is 0 Å². The zero-order chi connectivity index (χ0) is 11.9. The first-order chi connectivity index (χ1) is 6.91. The van der Waals surface area contributed by atoms with Crippen LogP contribution in [-0.4, -0.2) is 21.8 Å². The second-order valence-corrected chi connectivity index (χ2v) is 4.58. The molecule has 0 rings (SSSR count).